The van der Waals surface area contributed by atoms with Gasteiger partial charge in [0.25, 0.3) is 0 Å². The molecule has 2 fully saturated rings. The number of hydrogen-bond donors (Lipinski definition) is 2. The number of benzene rings is 1. The van der Waals surface area contributed by atoms with Crippen molar-refractivity contribution in [2.45, 2.75) is 31.7 Å². The molecule has 0 spiro atoms. The van der Waals surface area contributed by atoms with E-state index >= 15 is 0 Å². The number of thioether (sulfide) groups is 1. The lowest BCUT2D eigenvalue weighted by atomic mass is 9.95. The van der Waals surface area contributed by atoms with Gasteiger partial charge in [-0.1, -0.05) is 30.3 Å². The van der Waals surface area contributed by atoms with Gasteiger partial charge >= 0.3 is 6.03 Å². The first-order valence-corrected chi connectivity index (χ1v) is 10.3. The minimum absolute atomic E-state index is 0.0273. The van der Waals surface area contributed by atoms with E-state index < -0.39 is 0 Å². The van der Waals surface area contributed by atoms with Crippen molar-refractivity contribution in [2.75, 3.05) is 37.7 Å². The van der Waals surface area contributed by atoms with Crippen LogP contribution in [-0.2, 0) is 6.42 Å². The first-order valence-electron chi connectivity index (χ1n) is 9.18. The van der Waals surface area contributed by atoms with Gasteiger partial charge in [-0.3, -0.25) is 4.90 Å². The first kappa shape index (κ1) is 17.6. The van der Waals surface area contributed by atoms with Crippen LogP contribution in [0.2, 0.25) is 0 Å². The average molecular weight is 348 g/mol. The molecule has 24 heavy (non-hydrogen) atoms. The lowest BCUT2D eigenvalue weighted by molar-refractivity contribution is 0.143. The fourth-order valence-corrected chi connectivity index (χ4v) is 4.85. The molecule has 0 aliphatic carbocycles. The van der Waals surface area contributed by atoms with Crippen LogP contribution in [0, 0.1) is 5.92 Å². The largest absolute Gasteiger partial charge is 0.338 e. The molecule has 4 nitrogen and oxygen atoms in total. The predicted octanol–water partition coefficient (Wildman–Crippen LogP) is 2.75. The van der Waals surface area contributed by atoms with E-state index in [1.54, 1.807) is 0 Å². The van der Waals surface area contributed by atoms with Gasteiger partial charge in [0.15, 0.2) is 0 Å². The molecular formula is C19H29N3OS. The van der Waals surface area contributed by atoms with Gasteiger partial charge in [0.1, 0.15) is 0 Å². The van der Waals surface area contributed by atoms with Crippen LogP contribution < -0.4 is 10.6 Å². The summed E-state index contributed by atoms with van der Waals surface area (Å²) in [7, 11) is 0. The third-order valence-electron chi connectivity index (χ3n) is 5.16. The van der Waals surface area contributed by atoms with Gasteiger partial charge in [-0.2, -0.15) is 11.8 Å². The van der Waals surface area contributed by atoms with Crippen LogP contribution in [0.5, 0.6) is 0 Å². The maximum atomic E-state index is 11.9. The predicted molar refractivity (Wildman–Crippen MR) is 102 cm³/mol. The molecule has 0 aromatic heterocycles. The molecule has 2 aliphatic heterocycles. The highest BCUT2D eigenvalue weighted by molar-refractivity contribution is 7.99. The van der Waals surface area contributed by atoms with Crippen molar-refractivity contribution in [3.8, 4) is 0 Å². The lowest BCUT2D eigenvalue weighted by Gasteiger charge is -2.35. The minimum Gasteiger partial charge on any atom is -0.338 e. The van der Waals surface area contributed by atoms with Gasteiger partial charge < -0.3 is 10.6 Å². The lowest BCUT2D eigenvalue weighted by Crippen LogP contribution is -2.45. The number of carbonyl (C=O) groups excluding carboxylic acids is 1. The van der Waals surface area contributed by atoms with Crippen LogP contribution in [0.3, 0.4) is 0 Å². The molecule has 1 aromatic rings. The molecule has 2 heterocycles. The molecule has 0 saturated carbocycles. The summed E-state index contributed by atoms with van der Waals surface area (Å²) in [5, 5.41) is 6.01. The van der Waals surface area contributed by atoms with Crippen LogP contribution in [0.1, 0.15) is 24.8 Å². The monoisotopic (exact) mass is 347 g/mol. The van der Waals surface area contributed by atoms with E-state index in [-0.39, 0.29) is 6.03 Å². The number of urea groups is 1. The Morgan fingerprint density at radius 3 is 2.62 bits per heavy atom. The molecule has 1 atom stereocenters. The van der Waals surface area contributed by atoms with Gasteiger partial charge in [-0.25, -0.2) is 4.79 Å². The Kier molecular flexibility index (Phi) is 6.85. The van der Waals surface area contributed by atoms with E-state index in [4.69, 9.17) is 0 Å². The fourth-order valence-electron chi connectivity index (χ4n) is 3.60. The van der Waals surface area contributed by atoms with Crippen molar-refractivity contribution < 1.29 is 4.79 Å². The summed E-state index contributed by atoms with van der Waals surface area (Å²) in [4.78, 5) is 14.6. The minimum atomic E-state index is -0.0273. The van der Waals surface area contributed by atoms with E-state index in [2.05, 4.69) is 39.4 Å². The molecule has 1 aromatic carbocycles. The van der Waals surface area contributed by atoms with Crippen LogP contribution in [-0.4, -0.2) is 54.7 Å². The van der Waals surface area contributed by atoms with Crippen molar-refractivity contribution in [1.29, 1.82) is 0 Å². The first-order chi connectivity index (χ1) is 11.8. The zero-order valence-electron chi connectivity index (χ0n) is 14.4. The molecule has 3 rings (SSSR count). The summed E-state index contributed by atoms with van der Waals surface area (Å²) in [5.74, 6) is 3.28. The zero-order valence-corrected chi connectivity index (χ0v) is 15.2. The van der Waals surface area contributed by atoms with E-state index in [0.29, 0.717) is 12.5 Å². The second-order valence-corrected chi connectivity index (χ2v) is 8.02. The number of piperidine rings is 1. The normalized spacial score (nSPS) is 22.4. The quantitative estimate of drug-likeness (QED) is 0.832. The summed E-state index contributed by atoms with van der Waals surface area (Å²) in [6.07, 6.45) is 4.67. The van der Waals surface area contributed by atoms with Crippen molar-refractivity contribution in [2.24, 2.45) is 5.92 Å². The molecule has 0 bridgehead atoms. The molecule has 2 N–H and O–H groups in total. The number of hydrogen-bond acceptors (Lipinski definition) is 3. The van der Waals surface area contributed by atoms with Crippen molar-refractivity contribution in [3.05, 3.63) is 35.9 Å². The number of rotatable bonds is 6. The third kappa shape index (κ3) is 5.42. The van der Waals surface area contributed by atoms with Crippen molar-refractivity contribution in [1.82, 2.24) is 15.5 Å². The summed E-state index contributed by atoms with van der Waals surface area (Å²) in [5.41, 5.74) is 1.26. The Labute approximate surface area is 149 Å². The molecular weight excluding hydrogens is 318 g/mol. The smallest absolute Gasteiger partial charge is 0.314 e. The van der Waals surface area contributed by atoms with Crippen LogP contribution in [0.4, 0.5) is 4.79 Å². The van der Waals surface area contributed by atoms with E-state index in [9.17, 15) is 4.79 Å². The van der Waals surface area contributed by atoms with Gasteiger partial charge in [0.2, 0.25) is 0 Å². The molecule has 5 heteroatoms. The van der Waals surface area contributed by atoms with Crippen molar-refractivity contribution in [3.63, 3.8) is 0 Å². The van der Waals surface area contributed by atoms with Gasteiger partial charge in [-0.15, -0.1) is 0 Å². The maximum Gasteiger partial charge on any atom is 0.314 e. The third-order valence-corrected chi connectivity index (χ3v) is 6.31. The Morgan fingerprint density at radius 1 is 1.12 bits per heavy atom. The highest BCUT2D eigenvalue weighted by Crippen LogP contribution is 2.26. The summed E-state index contributed by atoms with van der Waals surface area (Å²) in [6.45, 7) is 3.90. The summed E-state index contributed by atoms with van der Waals surface area (Å²) in [6, 6.07) is 11.1. The standard InChI is InChI=1S/C19H29N3OS/c23-19(20-10-6-16-4-2-1-3-5-16)21-14-17-7-11-22(12-8-17)18-9-13-24-15-18/h1-5,17-18H,6-15H2,(H2,20,21,23). The number of carbonyl (C=O) groups is 1. The van der Waals surface area contributed by atoms with Gasteiger partial charge in [0, 0.05) is 24.9 Å². The fraction of sp³-hybridized carbons (Fsp3) is 0.632. The average Bonchev–Trinajstić information content (AvgIpc) is 3.16. The molecule has 2 aliphatic rings. The molecule has 1 unspecified atom stereocenters. The molecule has 2 amide bonds. The summed E-state index contributed by atoms with van der Waals surface area (Å²) < 4.78 is 0. The Hall–Kier alpha value is -1.20. The van der Waals surface area contributed by atoms with E-state index in [0.717, 1.165) is 19.0 Å². The van der Waals surface area contributed by atoms with Gasteiger partial charge in [-0.05, 0) is 56.0 Å². The van der Waals surface area contributed by atoms with Crippen LogP contribution in [0.15, 0.2) is 30.3 Å². The molecule has 0 radical (unpaired) electrons. The topological polar surface area (TPSA) is 44.4 Å². The van der Waals surface area contributed by atoms with E-state index in [1.807, 2.05) is 18.2 Å². The second kappa shape index (κ2) is 9.33. The van der Waals surface area contributed by atoms with E-state index in [1.165, 1.54) is 49.4 Å². The number of nitrogens with one attached hydrogen (secondary N) is 2. The number of amides is 2. The van der Waals surface area contributed by atoms with Gasteiger partial charge in [0.05, 0.1) is 0 Å². The Bertz CT molecular complexity index is 497. The molecule has 132 valence electrons. The maximum absolute atomic E-state index is 11.9. The Morgan fingerprint density at radius 2 is 1.92 bits per heavy atom. The molecule has 2 saturated heterocycles. The highest BCUT2D eigenvalue weighted by atomic mass is 32.2. The summed E-state index contributed by atoms with van der Waals surface area (Å²) >= 11 is 2.09. The highest BCUT2D eigenvalue weighted by Gasteiger charge is 2.27. The zero-order chi connectivity index (χ0) is 16.6. The number of nitrogens with zero attached hydrogens (tertiary/aromatic N) is 1. The Balaban J connectivity index is 1.27. The second-order valence-electron chi connectivity index (χ2n) is 6.87. The van der Waals surface area contributed by atoms with Crippen molar-refractivity contribution >= 4 is 17.8 Å². The van der Waals surface area contributed by atoms with Crippen LogP contribution in [0.25, 0.3) is 0 Å². The van der Waals surface area contributed by atoms with Crippen LogP contribution >= 0.6 is 11.8 Å². The SMILES string of the molecule is O=C(NCCc1ccccc1)NCC1CCN(C2CCSC2)CC1. The number of likely N-dealkylation sites (tertiary alicyclic amines) is 1.